The van der Waals surface area contributed by atoms with E-state index in [9.17, 15) is 13.2 Å². The molecular weight excluding hydrogens is 303 g/mol. The fourth-order valence-electron chi connectivity index (χ4n) is 2.54. The standard InChI is InChI=1S/C13H20F3N3OS/c1-20-7-6-17-8-11-18-19-12(21-11)9-2-4-10(5-3-9)13(14,15)16/h9-10,17H,2-8H2,1H3. The molecule has 1 aliphatic rings. The van der Waals surface area contributed by atoms with Crippen molar-refractivity contribution in [3.63, 3.8) is 0 Å². The van der Waals surface area contributed by atoms with Crippen LogP contribution in [0.15, 0.2) is 0 Å². The quantitative estimate of drug-likeness (QED) is 0.817. The Hall–Kier alpha value is -0.730. The first-order valence-electron chi connectivity index (χ1n) is 7.09. The third-order valence-corrected chi connectivity index (χ3v) is 4.87. The van der Waals surface area contributed by atoms with Crippen LogP contribution in [-0.4, -0.2) is 36.6 Å². The minimum Gasteiger partial charge on any atom is -0.383 e. The predicted octanol–water partition coefficient (Wildman–Crippen LogP) is 3.11. The summed E-state index contributed by atoms with van der Waals surface area (Å²) >= 11 is 1.50. The summed E-state index contributed by atoms with van der Waals surface area (Å²) in [6.07, 6.45) is -2.54. The number of nitrogens with one attached hydrogen (secondary N) is 1. The van der Waals surface area contributed by atoms with Gasteiger partial charge in [0.25, 0.3) is 0 Å². The molecule has 4 nitrogen and oxygen atoms in total. The number of methoxy groups -OCH3 is 1. The van der Waals surface area contributed by atoms with E-state index in [0.717, 1.165) is 16.6 Å². The summed E-state index contributed by atoms with van der Waals surface area (Å²) in [5, 5.41) is 13.2. The summed E-state index contributed by atoms with van der Waals surface area (Å²) in [6.45, 7) is 1.99. The van der Waals surface area contributed by atoms with E-state index in [0.29, 0.717) is 26.0 Å². The molecule has 8 heteroatoms. The lowest BCUT2D eigenvalue weighted by Gasteiger charge is -2.28. The van der Waals surface area contributed by atoms with Crippen molar-refractivity contribution in [1.82, 2.24) is 15.5 Å². The highest BCUT2D eigenvalue weighted by atomic mass is 32.1. The molecule has 1 N–H and O–H groups in total. The van der Waals surface area contributed by atoms with Crippen molar-refractivity contribution >= 4 is 11.3 Å². The zero-order valence-electron chi connectivity index (χ0n) is 11.9. The van der Waals surface area contributed by atoms with Crippen LogP contribution in [0.3, 0.4) is 0 Å². The van der Waals surface area contributed by atoms with E-state index < -0.39 is 12.1 Å². The van der Waals surface area contributed by atoms with Crippen LogP contribution in [0.4, 0.5) is 13.2 Å². The third kappa shape index (κ3) is 4.89. The van der Waals surface area contributed by atoms with E-state index in [1.54, 1.807) is 7.11 Å². The second-order valence-corrected chi connectivity index (χ2v) is 6.39. The topological polar surface area (TPSA) is 47.0 Å². The van der Waals surface area contributed by atoms with Gasteiger partial charge in [0.05, 0.1) is 12.5 Å². The first kappa shape index (κ1) is 16.6. The molecule has 0 atom stereocenters. The normalized spacial score (nSPS) is 23.4. The summed E-state index contributed by atoms with van der Waals surface area (Å²) in [7, 11) is 1.64. The van der Waals surface area contributed by atoms with E-state index in [1.165, 1.54) is 11.3 Å². The molecule has 21 heavy (non-hydrogen) atoms. The lowest BCUT2D eigenvalue weighted by Crippen LogP contribution is -2.27. The zero-order valence-corrected chi connectivity index (χ0v) is 12.8. The fourth-order valence-corrected chi connectivity index (χ4v) is 3.52. The van der Waals surface area contributed by atoms with Crippen LogP contribution in [0.2, 0.25) is 0 Å². The molecule has 1 aromatic rings. The molecule has 1 heterocycles. The van der Waals surface area contributed by atoms with E-state index in [4.69, 9.17) is 4.74 Å². The molecular formula is C13H20F3N3OS. The van der Waals surface area contributed by atoms with Crippen LogP contribution in [-0.2, 0) is 11.3 Å². The molecule has 0 aromatic carbocycles. The molecule has 1 aromatic heterocycles. The first-order chi connectivity index (χ1) is 10.0. The Bertz CT molecular complexity index is 431. The number of hydrogen-bond acceptors (Lipinski definition) is 5. The van der Waals surface area contributed by atoms with Crippen molar-refractivity contribution in [3.8, 4) is 0 Å². The highest BCUT2D eigenvalue weighted by Crippen LogP contribution is 2.43. The van der Waals surface area contributed by atoms with Gasteiger partial charge in [-0.15, -0.1) is 10.2 Å². The van der Waals surface area contributed by atoms with Crippen LogP contribution in [0.5, 0.6) is 0 Å². The van der Waals surface area contributed by atoms with Crippen molar-refractivity contribution in [2.45, 2.75) is 44.3 Å². The van der Waals surface area contributed by atoms with Gasteiger partial charge < -0.3 is 10.1 Å². The van der Waals surface area contributed by atoms with Crippen molar-refractivity contribution in [2.24, 2.45) is 5.92 Å². The van der Waals surface area contributed by atoms with Gasteiger partial charge in [0, 0.05) is 26.1 Å². The minimum atomic E-state index is -4.05. The minimum absolute atomic E-state index is 0.133. The SMILES string of the molecule is COCCNCc1nnc(C2CCC(C(F)(F)F)CC2)s1. The van der Waals surface area contributed by atoms with Crippen LogP contribution >= 0.6 is 11.3 Å². The van der Waals surface area contributed by atoms with Gasteiger partial charge in [-0.3, -0.25) is 0 Å². The molecule has 1 fully saturated rings. The lowest BCUT2D eigenvalue weighted by molar-refractivity contribution is -0.182. The van der Waals surface area contributed by atoms with Crippen molar-refractivity contribution in [1.29, 1.82) is 0 Å². The molecule has 0 spiro atoms. The number of halogens is 3. The maximum absolute atomic E-state index is 12.6. The van der Waals surface area contributed by atoms with Crippen LogP contribution < -0.4 is 5.32 Å². The highest BCUT2D eigenvalue weighted by molar-refractivity contribution is 7.11. The number of alkyl halides is 3. The molecule has 0 aliphatic heterocycles. The molecule has 1 saturated carbocycles. The monoisotopic (exact) mass is 323 g/mol. The Labute approximate surface area is 126 Å². The summed E-state index contributed by atoms with van der Waals surface area (Å²) in [6, 6.07) is 0. The Balaban J connectivity index is 1.80. The molecule has 2 rings (SSSR count). The van der Waals surface area contributed by atoms with Gasteiger partial charge in [-0.05, 0) is 25.7 Å². The number of hydrogen-bond donors (Lipinski definition) is 1. The van der Waals surface area contributed by atoms with E-state index in [2.05, 4.69) is 15.5 Å². The summed E-state index contributed by atoms with van der Waals surface area (Å²) in [4.78, 5) is 0. The van der Waals surface area contributed by atoms with E-state index in [-0.39, 0.29) is 18.8 Å². The van der Waals surface area contributed by atoms with Crippen molar-refractivity contribution < 1.29 is 17.9 Å². The van der Waals surface area contributed by atoms with Crippen LogP contribution in [0.25, 0.3) is 0 Å². The smallest absolute Gasteiger partial charge is 0.383 e. The van der Waals surface area contributed by atoms with E-state index in [1.807, 2.05) is 0 Å². The predicted molar refractivity (Wildman–Crippen MR) is 74.2 cm³/mol. The molecule has 1 aliphatic carbocycles. The van der Waals surface area contributed by atoms with Crippen LogP contribution in [0, 0.1) is 5.92 Å². The average molecular weight is 323 g/mol. The average Bonchev–Trinajstić information content (AvgIpc) is 2.92. The van der Waals surface area contributed by atoms with Gasteiger partial charge in [0.15, 0.2) is 0 Å². The molecule has 0 amide bonds. The molecule has 0 saturated heterocycles. The number of nitrogens with zero attached hydrogens (tertiary/aromatic N) is 2. The van der Waals surface area contributed by atoms with Gasteiger partial charge in [0.1, 0.15) is 10.0 Å². The third-order valence-electron chi connectivity index (χ3n) is 3.78. The number of rotatable bonds is 6. The second-order valence-electron chi connectivity index (χ2n) is 5.29. The van der Waals surface area contributed by atoms with Gasteiger partial charge >= 0.3 is 6.18 Å². The Morgan fingerprint density at radius 3 is 2.57 bits per heavy atom. The first-order valence-corrected chi connectivity index (χ1v) is 7.91. The lowest BCUT2D eigenvalue weighted by atomic mass is 9.82. The van der Waals surface area contributed by atoms with Crippen LogP contribution in [0.1, 0.15) is 41.6 Å². The molecule has 0 radical (unpaired) electrons. The zero-order chi connectivity index (χ0) is 15.3. The maximum atomic E-state index is 12.6. The molecule has 0 unspecified atom stereocenters. The second kappa shape index (κ2) is 7.51. The highest BCUT2D eigenvalue weighted by Gasteiger charge is 2.42. The Morgan fingerprint density at radius 1 is 1.24 bits per heavy atom. The van der Waals surface area contributed by atoms with Gasteiger partial charge in [-0.25, -0.2) is 0 Å². The molecule has 0 bridgehead atoms. The Morgan fingerprint density at radius 2 is 1.95 bits per heavy atom. The number of aromatic nitrogens is 2. The van der Waals surface area contributed by atoms with E-state index >= 15 is 0 Å². The number of ether oxygens (including phenoxy) is 1. The maximum Gasteiger partial charge on any atom is 0.391 e. The van der Waals surface area contributed by atoms with Gasteiger partial charge in [-0.1, -0.05) is 11.3 Å². The summed E-state index contributed by atoms with van der Waals surface area (Å²) in [5.74, 6) is -1.01. The summed E-state index contributed by atoms with van der Waals surface area (Å²) in [5.41, 5.74) is 0. The van der Waals surface area contributed by atoms with Gasteiger partial charge in [0.2, 0.25) is 0 Å². The fraction of sp³-hybridized carbons (Fsp3) is 0.846. The van der Waals surface area contributed by atoms with Crippen molar-refractivity contribution in [2.75, 3.05) is 20.3 Å². The largest absolute Gasteiger partial charge is 0.391 e. The molecule has 120 valence electrons. The van der Waals surface area contributed by atoms with Crippen molar-refractivity contribution in [3.05, 3.63) is 10.0 Å². The van der Waals surface area contributed by atoms with Gasteiger partial charge in [-0.2, -0.15) is 13.2 Å². The summed E-state index contributed by atoms with van der Waals surface area (Å²) < 4.78 is 42.8. The Kier molecular flexibility index (Phi) is 5.95.